The zero-order valence-corrected chi connectivity index (χ0v) is 15.0. The van der Waals surface area contributed by atoms with Gasteiger partial charge in [-0.3, -0.25) is 9.59 Å². The van der Waals surface area contributed by atoms with Crippen molar-refractivity contribution in [1.29, 1.82) is 0 Å². The van der Waals surface area contributed by atoms with Gasteiger partial charge in [0, 0.05) is 44.1 Å². The third-order valence-electron chi connectivity index (χ3n) is 5.47. The highest BCUT2D eigenvalue weighted by atomic mass is 16.6. The van der Waals surface area contributed by atoms with E-state index in [2.05, 4.69) is 5.32 Å². The first-order valence-electron chi connectivity index (χ1n) is 9.59. The fourth-order valence-corrected chi connectivity index (χ4v) is 3.69. The van der Waals surface area contributed by atoms with Crippen molar-refractivity contribution in [3.8, 4) is 0 Å². The van der Waals surface area contributed by atoms with Gasteiger partial charge in [0.25, 0.3) is 0 Å². The van der Waals surface area contributed by atoms with Gasteiger partial charge in [-0.05, 0) is 45.4 Å². The van der Waals surface area contributed by atoms with Crippen LogP contribution in [0.1, 0.15) is 45.4 Å². The van der Waals surface area contributed by atoms with Gasteiger partial charge in [0.05, 0.1) is 6.61 Å². The number of carbonyl (C=O) groups excluding carboxylic acids is 3. The molecule has 0 atom stereocenters. The van der Waals surface area contributed by atoms with E-state index in [9.17, 15) is 14.4 Å². The molecule has 7 nitrogen and oxygen atoms in total. The fourth-order valence-electron chi connectivity index (χ4n) is 3.69. The predicted octanol–water partition coefficient (Wildman–Crippen LogP) is 1.37. The molecule has 25 heavy (non-hydrogen) atoms. The van der Waals surface area contributed by atoms with Gasteiger partial charge in [0.2, 0.25) is 11.8 Å². The molecule has 0 aromatic heterocycles. The average molecular weight is 351 g/mol. The Labute approximate surface area is 149 Å². The maximum atomic E-state index is 12.7. The molecule has 1 saturated carbocycles. The number of rotatable bonds is 4. The normalized spacial score (nSPS) is 22.6. The van der Waals surface area contributed by atoms with Crippen molar-refractivity contribution < 1.29 is 19.1 Å². The molecule has 3 fully saturated rings. The summed E-state index contributed by atoms with van der Waals surface area (Å²) >= 11 is 0. The second kappa shape index (κ2) is 8.06. The lowest BCUT2D eigenvalue weighted by Gasteiger charge is -2.37. The second-order valence-electron chi connectivity index (χ2n) is 7.34. The first kappa shape index (κ1) is 18.0. The molecule has 0 aromatic rings. The highest BCUT2D eigenvalue weighted by Gasteiger charge is 2.34. The Morgan fingerprint density at radius 1 is 0.880 bits per heavy atom. The number of hydrogen-bond donors (Lipinski definition) is 1. The van der Waals surface area contributed by atoms with E-state index in [1.54, 1.807) is 11.8 Å². The predicted molar refractivity (Wildman–Crippen MR) is 91.8 cm³/mol. The third kappa shape index (κ3) is 4.64. The molecule has 2 saturated heterocycles. The first-order chi connectivity index (χ1) is 12.1. The number of hydrogen-bond acceptors (Lipinski definition) is 4. The van der Waals surface area contributed by atoms with Crippen LogP contribution in [0.4, 0.5) is 4.79 Å². The topological polar surface area (TPSA) is 79.0 Å². The van der Waals surface area contributed by atoms with Crippen LogP contribution in [-0.2, 0) is 14.3 Å². The molecule has 2 heterocycles. The molecule has 0 radical (unpaired) electrons. The molecular formula is C18H29N3O4. The maximum absolute atomic E-state index is 12.7. The Morgan fingerprint density at radius 2 is 1.48 bits per heavy atom. The van der Waals surface area contributed by atoms with Crippen molar-refractivity contribution in [1.82, 2.24) is 15.1 Å². The molecule has 7 heteroatoms. The molecule has 140 valence electrons. The van der Waals surface area contributed by atoms with E-state index < -0.39 is 0 Å². The molecule has 3 rings (SSSR count). The summed E-state index contributed by atoms with van der Waals surface area (Å²) in [5.41, 5.74) is 0. The number of nitrogens with one attached hydrogen (secondary N) is 1. The van der Waals surface area contributed by atoms with Crippen molar-refractivity contribution in [3.63, 3.8) is 0 Å². The molecule has 0 bridgehead atoms. The van der Waals surface area contributed by atoms with Crippen LogP contribution in [0, 0.1) is 11.8 Å². The zero-order valence-electron chi connectivity index (χ0n) is 15.0. The minimum absolute atomic E-state index is 0.00304. The molecule has 2 aliphatic heterocycles. The standard InChI is InChI=1S/C18H29N3O4/c1-2-25-18(24)21-9-5-14(6-10-21)17(23)20-11-7-15(8-12-20)19-16(22)13-3-4-13/h13-15H,2-12H2,1H3,(H,19,22). The fraction of sp³-hybridized carbons (Fsp3) is 0.833. The van der Waals surface area contributed by atoms with Crippen molar-refractivity contribution in [3.05, 3.63) is 0 Å². The highest BCUT2D eigenvalue weighted by Crippen LogP contribution is 2.29. The van der Waals surface area contributed by atoms with Gasteiger partial charge in [0.1, 0.15) is 0 Å². The Kier molecular flexibility index (Phi) is 5.81. The van der Waals surface area contributed by atoms with E-state index in [1.807, 2.05) is 4.90 Å². The number of likely N-dealkylation sites (tertiary alicyclic amines) is 2. The van der Waals surface area contributed by atoms with Gasteiger partial charge in [-0.2, -0.15) is 0 Å². The monoisotopic (exact) mass is 351 g/mol. The summed E-state index contributed by atoms with van der Waals surface area (Å²) in [5, 5.41) is 3.12. The lowest BCUT2D eigenvalue weighted by molar-refractivity contribution is -0.138. The Balaban J connectivity index is 1.39. The first-order valence-corrected chi connectivity index (χ1v) is 9.59. The largest absolute Gasteiger partial charge is 0.450 e. The van der Waals surface area contributed by atoms with E-state index in [-0.39, 0.29) is 35.8 Å². The number of amides is 3. The van der Waals surface area contributed by atoms with Crippen LogP contribution in [0.5, 0.6) is 0 Å². The SMILES string of the molecule is CCOC(=O)N1CCC(C(=O)N2CCC(NC(=O)C3CC3)CC2)CC1. The van der Waals surface area contributed by atoms with Gasteiger partial charge in [-0.1, -0.05) is 0 Å². The van der Waals surface area contributed by atoms with Crippen LogP contribution >= 0.6 is 0 Å². The molecule has 1 N–H and O–H groups in total. The summed E-state index contributed by atoms with van der Waals surface area (Å²) in [6.45, 7) is 4.78. The van der Waals surface area contributed by atoms with Gasteiger partial charge in [-0.25, -0.2) is 4.79 Å². The summed E-state index contributed by atoms with van der Waals surface area (Å²) in [7, 11) is 0. The molecule has 0 aromatic carbocycles. The van der Waals surface area contributed by atoms with Crippen LogP contribution in [0.2, 0.25) is 0 Å². The van der Waals surface area contributed by atoms with Gasteiger partial charge >= 0.3 is 6.09 Å². The van der Waals surface area contributed by atoms with Gasteiger partial charge in [-0.15, -0.1) is 0 Å². The van der Waals surface area contributed by atoms with E-state index in [1.165, 1.54) is 0 Å². The number of nitrogens with zero attached hydrogens (tertiary/aromatic N) is 2. The van der Waals surface area contributed by atoms with Crippen LogP contribution in [-0.4, -0.2) is 66.5 Å². The van der Waals surface area contributed by atoms with Crippen LogP contribution in [0.15, 0.2) is 0 Å². The molecule has 3 aliphatic rings. The zero-order chi connectivity index (χ0) is 17.8. The van der Waals surface area contributed by atoms with Gasteiger partial charge in [0.15, 0.2) is 0 Å². The summed E-state index contributed by atoms with van der Waals surface area (Å²) < 4.78 is 5.02. The smallest absolute Gasteiger partial charge is 0.409 e. The Bertz CT molecular complexity index is 504. The number of carbonyl (C=O) groups is 3. The lowest BCUT2D eigenvalue weighted by Crippen LogP contribution is -2.50. The molecule has 0 spiro atoms. The molecule has 0 unspecified atom stereocenters. The van der Waals surface area contributed by atoms with Crippen molar-refractivity contribution >= 4 is 17.9 Å². The summed E-state index contributed by atoms with van der Waals surface area (Å²) in [5.74, 6) is 0.638. The minimum atomic E-state index is -0.277. The minimum Gasteiger partial charge on any atom is -0.450 e. The molecule has 1 aliphatic carbocycles. The van der Waals surface area contributed by atoms with E-state index >= 15 is 0 Å². The summed E-state index contributed by atoms with van der Waals surface area (Å²) in [6, 6.07) is 0.211. The molecule has 3 amide bonds. The number of ether oxygens (including phenoxy) is 1. The second-order valence-corrected chi connectivity index (χ2v) is 7.34. The Hall–Kier alpha value is -1.79. The summed E-state index contributed by atoms with van der Waals surface area (Å²) in [4.78, 5) is 39.9. The van der Waals surface area contributed by atoms with Crippen LogP contribution in [0.25, 0.3) is 0 Å². The van der Waals surface area contributed by atoms with Crippen molar-refractivity contribution in [2.45, 2.75) is 51.5 Å². The summed E-state index contributed by atoms with van der Waals surface area (Å²) in [6.07, 6.45) is 4.85. The molecular weight excluding hydrogens is 322 g/mol. The van der Waals surface area contributed by atoms with Crippen LogP contribution < -0.4 is 5.32 Å². The van der Waals surface area contributed by atoms with E-state index in [4.69, 9.17) is 4.74 Å². The Morgan fingerprint density at radius 3 is 2.04 bits per heavy atom. The third-order valence-corrected chi connectivity index (χ3v) is 5.47. The van der Waals surface area contributed by atoms with E-state index in [0.717, 1.165) is 25.7 Å². The van der Waals surface area contributed by atoms with E-state index in [0.29, 0.717) is 45.6 Å². The quantitative estimate of drug-likeness (QED) is 0.830. The van der Waals surface area contributed by atoms with Gasteiger partial charge < -0.3 is 19.9 Å². The average Bonchev–Trinajstić information content (AvgIpc) is 3.47. The maximum Gasteiger partial charge on any atom is 0.409 e. The van der Waals surface area contributed by atoms with Crippen LogP contribution in [0.3, 0.4) is 0 Å². The highest BCUT2D eigenvalue weighted by molar-refractivity contribution is 5.81. The van der Waals surface area contributed by atoms with Crippen molar-refractivity contribution in [2.24, 2.45) is 11.8 Å². The lowest BCUT2D eigenvalue weighted by atomic mass is 9.94. The van der Waals surface area contributed by atoms with Crippen molar-refractivity contribution in [2.75, 3.05) is 32.8 Å². The number of piperidine rings is 2.